The van der Waals surface area contributed by atoms with Crippen LogP contribution in [0.4, 0.5) is 4.39 Å². The second-order valence-corrected chi connectivity index (χ2v) is 5.04. The number of hydrogen-bond donors (Lipinski definition) is 2. The van der Waals surface area contributed by atoms with Crippen molar-refractivity contribution in [3.8, 4) is 0 Å². The maximum Gasteiger partial charge on any atom is 0.123 e. The Labute approximate surface area is 112 Å². The number of halogens is 1. The highest BCUT2D eigenvalue weighted by molar-refractivity contribution is 5.38. The molecule has 0 amide bonds. The summed E-state index contributed by atoms with van der Waals surface area (Å²) < 4.78 is 13.0. The van der Waals surface area contributed by atoms with Crippen LogP contribution in [0.5, 0.6) is 0 Å². The predicted molar refractivity (Wildman–Crippen MR) is 74.0 cm³/mol. The standard InChI is InChI=1S/C16H17FN2/c17-13-8-5-12(6-9-13)16(19-18)15-10-7-11-3-1-2-4-14(11)15/h1-6,8-9,15-16,19H,7,10,18H2. The van der Waals surface area contributed by atoms with Gasteiger partial charge in [-0.3, -0.25) is 11.3 Å². The summed E-state index contributed by atoms with van der Waals surface area (Å²) in [5.74, 6) is 5.87. The number of rotatable bonds is 3. The van der Waals surface area contributed by atoms with Gasteiger partial charge in [0.2, 0.25) is 0 Å². The van der Waals surface area contributed by atoms with Gasteiger partial charge >= 0.3 is 0 Å². The van der Waals surface area contributed by atoms with Gasteiger partial charge in [0.25, 0.3) is 0 Å². The van der Waals surface area contributed by atoms with E-state index in [-0.39, 0.29) is 11.9 Å². The van der Waals surface area contributed by atoms with Gasteiger partial charge in [0, 0.05) is 5.92 Å². The van der Waals surface area contributed by atoms with E-state index in [2.05, 4.69) is 29.7 Å². The molecule has 1 aliphatic rings. The Balaban J connectivity index is 1.94. The van der Waals surface area contributed by atoms with E-state index in [0.717, 1.165) is 18.4 Å². The van der Waals surface area contributed by atoms with Crippen LogP contribution in [-0.2, 0) is 6.42 Å². The summed E-state index contributed by atoms with van der Waals surface area (Å²) in [6, 6.07) is 15.1. The molecule has 0 aliphatic heterocycles. The summed E-state index contributed by atoms with van der Waals surface area (Å²) in [7, 11) is 0. The van der Waals surface area contributed by atoms with E-state index in [1.54, 1.807) is 12.1 Å². The first-order chi connectivity index (χ1) is 9.29. The molecule has 1 aliphatic carbocycles. The second-order valence-electron chi connectivity index (χ2n) is 5.04. The summed E-state index contributed by atoms with van der Waals surface area (Å²) in [5.41, 5.74) is 6.69. The lowest BCUT2D eigenvalue weighted by Gasteiger charge is -2.24. The van der Waals surface area contributed by atoms with Crippen molar-refractivity contribution in [1.29, 1.82) is 0 Å². The highest BCUT2D eigenvalue weighted by Gasteiger charge is 2.29. The zero-order valence-electron chi connectivity index (χ0n) is 10.6. The summed E-state index contributed by atoms with van der Waals surface area (Å²) in [4.78, 5) is 0. The largest absolute Gasteiger partial charge is 0.271 e. The minimum atomic E-state index is -0.216. The van der Waals surface area contributed by atoms with Crippen LogP contribution in [0, 0.1) is 5.82 Å². The van der Waals surface area contributed by atoms with Crippen LogP contribution < -0.4 is 11.3 Å². The molecule has 0 bridgehead atoms. The monoisotopic (exact) mass is 256 g/mol. The summed E-state index contributed by atoms with van der Waals surface area (Å²) >= 11 is 0. The molecule has 0 saturated carbocycles. The Kier molecular flexibility index (Phi) is 3.32. The Morgan fingerprint density at radius 2 is 1.84 bits per heavy atom. The van der Waals surface area contributed by atoms with Gasteiger partial charge in [0.1, 0.15) is 5.82 Å². The third kappa shape index (κ3) is 2.27. The van der Waals surface area contributed by atoms with Crippen LogP contribution in [0.15, 0.2) is 48.5 Å². The molecule has 19 heavy (non-hydrogen) atoms. The maximum atomic E-state index is 13.0. The Morgan fingerprint density at radius 3 is 2.58 bits per heavy atom. The SMILES string of the molecule is NNC(c1ccc(F)cc1)C1CCc2ccccc21. The normalized spacial score (nSPS) is 19.2. The molecule has 0 fully saturated rings. The molecule has 3 heteroatoms. The zero-order valence-corrected chi connectivity index (χ0v) is 10.6. The summed E-state index contributed by atoms with van der Waals surface area (Å²) in [6.45, 7) is 0. The van der Waals surface area contributed by atoms with Crippen LogP contribution in [0.1, 0.15) is 35.1 Å². The molecule has 98 valence electrons. The topological polar surface area (TPSA) is 38.0 Å². The first-order valence-corrected chi connectivity index (χ1v) is 6.59. The second kappa shape index (κ2) is 5.11. The molecule has 0 aromatic heterocycles. The van der Waals surface area contributed by atoms with Crippen molar-refractivity contribution in [3.05, 3.63) is 71.0 Å². The molecule has 0 spiro atoms. The van der Waals surface area contributed by atoms with E-state index in [9.17, 15) is 4.39 Å². The molecule has 0 saturated heterocycles. The van der Waals surface area contributed by atoms with Gasteiger partial charge in [-0.2, -0.15) is 0 Å². The summed E-state index contributed by atoms with van der Waals surface area (Å²) in [5, 5.41) is 0. The first-order valence-electron chi connectivity index (χ1n) is 6.59. The molecule has 2 aromatic carbocycles. The van der Waals surface area contributed by atoms with E-state index >= 15 is 0 Å². The van der Waals surface area contributed by atoms with Crippen LogP contribution in [0.3, 0.4) is 0 Å². The average molecular weight is 256 g/mol. The quantitative estimate of drug-likeness (QED) is 0.654. The van der Waals surface area contributed by atoms with Gasteiger partial charge in [0.05, 0.1) is 6.04 Å². The Morgan fingerprint density at radius 1 is 1.11 bits per heavy atom. The lowest BCUT2D eigenvalue weighted by atomic mass is 9.89. The van der Waals surface area contributed by atoms with E-state index in [1.165, 1.54) is 23.3 Å². The van der Waals surface area contributed by atoms with Crippen molar-refractivity contribution in [2.24, 2.45) is 5.84 Å². The minimum absolute atomic E-state index is 0.0317. The maximum absolute atomic E-state index is 13.0. The van der Waals surface area contributed by atoms with Crippen molar-refractivity contribution in [3.63, 3.8) is 0 Å². The number of hydrazine groups is 1. The van der Waals surface area contributed by atoms with Crippen molar-refractivity contribution < 1.29 is 4.39 Å². The van der Waals surface area contributed by atoms with Gasteiger partial charge in [-0.25, -0.2) is 4.39 Å². The number of fused-ring (bicyclic) bond motifs is 1. The van der Waals surface area contributed by atoms with E-state index in [4.69, 9.17) is 5.84 Å². The minimum Gasteiger partial charge on any atom is -0.271 e. The molecule has 2 unspecified atom stereocenters. The highest BCUT2D eigenvalue weighted by atomic mass is 19.1. The number of nitrogens with one attached hydrogen (secondary N) is 1. The molecule has 3 N–H and O–H groups in total. The zero-order chi connectivity index (χ0) is 13.2. The number of nitrogens with two attached hydrogens (primary N) is 1. The van der Waals surface area contributed by atoms with Gasteiger partial charge in [-0.1, -0.05) is 36.4 Å². The van der Waals surface area contributed by atoms with Crippen molar-refractivity contribution in [2.75, 3.05) is 0 Å². The lowest BCUT2D eigenvalue weighted by molar-refractivity contribution is 0.452. The van der Waals surface area contributed by atoms with Gasteiger partial charge in [-0.15, -0.1) is 0 Å². The van der Waals surface area contributed by atoms with Gasteiger partial charge in [-0.05, 0) is 41.7 Å². The summed E-state index contributed by atoms with van der Waals surface area (Å²) in [6.07, 6.45) is 2.16. The fourth-order valence-corrected chi connectivity index (χ4v) is 3.05. The Bertz CT molecular complexity index is 565. The Hall–Kier alpha value is -1.71. The lowest BCUT2D eigenvalue weighted by Crippen LogP contribution is -2.32. The van der Waals surface area contributed by atoms with Crippen molar-refractivity contribution in [1.82, 2.24) is 5.43 Å². The number of benzene rings is 2. The third-order valence-electron chi connectivity index (χ3n) is 3.99. The van der Waals surface area contributed by atoms with Crippen LogP contribution >= 0.6 is 0 Å². The first kappa shape index (κ1) is 12.3. The number of aryl methyl sites for hydroxylation is 1. The molecule has 2 nitrogen and oxygen atoms in total. The predicted octanol–water partition coefficient (Wildman–Crippen LogP) is 3.06. The van der Waals surface area contributed by atoms with Gasteiger partial charge < -0.3 is 0 Å². The van der Waals surface area contributed by atoms with E-state index in [1.807, 2.05) is 0 Å². The molecular formula is C16H17FN2. The average Bonchev–Trinajstić information content (AvgIpc) is 2.86. The smallest absolute Gasteiger partial charge is 0.123 e. The van der Waals surface area contributed by atoms with Crippen LogP contribution in [0.25, 0.3) is 0 Å². The molecule has 3 rings (SSSR count). The molecule has 0 heterocycles. The van der Waals surface area contributed by atoms with Crippen LogP contribution in [0.2, 0.25) is 0 Å². The molecular weight excluding hydrogens is 239 g/mol. The van der Waals surface area contributed by atoms with E-state index in [0.29, 0.717) is 5.92 Å². The molecule has 2 atom stereocenters. The van der Waals surface area contributed by atoms with Crippen molar-refractivity contribution >= 4 is 0 Å². The third-order valence-corrected chi connectivity index (χ3v) is 3.99. The van der Waals surface area contributed by atoms with Crippen LogP contribution in [-0.4, -0.2) is 0 Å². The molecule has 2 aromatic rings. The molecule has 0 radical (unpaired) electrons. The number of hydrogen-bond acceptors (Lipinski definition) is 2. The fourth-order valence-electron chi connectivity index (χ4n) is 3.05. The van der Waals surface area contributed by atoms with E-state index < -0.39 is 0 Å². The highest BCUT2D eigenvalue weighted by Crippen LogP contribution is 2.41. The van der Waals surface area contributed by atoms with Gasteiger partial charge in [0.15, 0.2) is 0 Å². The fraction of sp³-hybridized carbons (Fsp3) is 0.250. The van der Waals surface area contributed by atoms with Crippen molar-refractivity contribution in [2.45, 2.75) is 24.8 Å².